The molecule has 1 heterocycles. The number of nitrogen functional groups attached to an aromatic ring is 1. The van der Waals surface area contributed by atoms with Crippen LogP contribution in [-0.2, 0) is 4.74 Å². The number of benzene rings is 1. The van der Waals surface area contributed by atoms with Gasteiger partial charge in [-0.2, -0.15) is 0 Å². The second-order valence-electron chi connectivity index (χ2n) is 5.15. The van der Waals surface area contributed by atoms with Gasteiger partial charge in [0.15, 0.2) is 0 Å². The molecule has 2 rings (SSSR count). The number of hydrogen-bond acceptors (Lipinski definition) is 3. The zero-order chi connectivity index (χ0) is 13.8. The van der Waals surface area contributed by atoms with E-state index in [-0.39, 0.29) is 12.0 Å². The smallest absolute Gasteiger partial charge is 0.251 e. The number of carbonyl (C=O) groups excluding carboxylic acids is 1. The quantitative estimate of drug-likeness (QED) is 0.817. The Morgan fingerprint density at radius 1 is 1.53 bits per heavy atom. The fraction of sp³-hybridized carbons (Fsp3) is 0.533. The highest BCUT2D eigenvalue weighted by molar-refractivity contribution is 5.94. The lowest BCUT2D eigenvalue weighted by molar-refractivity contribution is 0.0827. The lowest BCUT2D eigenvalue weighted by Gasteiger charge is -2.17. The van der Waals surface area contributed by atoms with Crippen LogP contribution in [0.4, 0.5) is 5.69 Å². The van der Waals surface area contributed by atoms with Crippen molar-refractivity contribution in [3.63, 3.8) is 0 Å². The van der Waals surface area contributed by atoms with Gasteiger partial charge in [-0.3, -0.25) is 4.79 Å². The Bertz CT molecular complexity index is 459. The van der Waals surface area contributed by atoms with Gasteiger partial charge in [0.1, 0.15) is 0 Å². The van der Waals surface area contributed by atoms with Crippen molar-refractivity contribution in [1.82, 2.24) is 5.32 Å². The third-order valence-electron chi connectivity index (χ3n) is 3.81. The SMILES string of the molecule is CCC1OCCC1CNC(=O)c1ccc(N)c(C)c1. The van der Waals surface area contributed by atoms with E-state index in [0.717, 1.165) is 25.0 Å². The van der Waals surface area contributed by atoms with Crippen molar-refractivity contribution in [2.75, 3.05) is 18.9 Å². The van der Waals surface area contributed by atoms with E-state index in [2.05, 4.69) is 12.2 Å². The molecule has 104 valence electrons. The Kier molecular flexibility index (Phi) is 4.43. The van der Waals surface area contributed by atoms with E-state index in [4.69, 9.17) is 10.5 Å². The zero-order valence-electron chi connectivity index (χ0n) is 11.6. The van der Waals surface area contributed by atoms with Gasteiger partial charge < -0.3 is 15.8 Å². The lowest BCUT2D eigenvalue weighted by Crippen LogP contribution is -2.32. The number of rotatable bonds is 4. The van der Waals surface area contributed by atoms with Gasteiger partial charge in [-0.1, -0.05) is 6.92 Å². The Labute approximate surface area is 114 Å². The third kappa shape index (κ3) is 3.26. The molecular weight excluding hydrogens is 240 g/mol. The van der Waals surface area contributed by atoms with Crippen molar-refractivity contribution in [3.05, 3.63) is 29.3 Å². The molecule has 2 atom stereocenters. The number of carbonyl (C=O) groups is 1. The monoisotopic (exact) mass is 262 g/mol. The van der Waals surface area contributed by atoms with Crippen LogP contribution in [0.1, 0.15) is 35.7 Å². The highest BCUT2D eigenvalue weighted by Crippen LogP contribution is 2.22. The summed E-state index contributed by atoms with van der Waals surface area (Å²) < 4.78 is 5.62. The van der Waals surface area contributed by atoms with Crippen LogP contribution < -0.4 is 11.1 Å². The minimum atomic E-state index is -0.0372. The molecule has 2 unspecified atom stereocenters. The first-order chi connectivity index (χ1) is 9.11. The maximum Gasteiger partial charge on any atom is 0.251 e. The van der Waals surface area contributed by atoms with E-state index in [1.165, 1.54) is 0 Å². The minimum absolute atomic E-state index is 0.0372. The predicted octanol–water partition coefficient (Wildman–Crippen LogP) is 2.12. The molecule has 1 aromatic rings. The standard InChI is InChI=1S/C15H22N2O2/c1-3-14-12(6-7-19-14)9-17-15(18)11-4-5-13(16)10(2)8-11/h4-5,8,12,14H,3,6-7,9,16H2,1-2H3,(H,17,18). The average Bonchev–Trinajstić information content (AvgIpc) is 2.86. The summed E-state index contributed by atoms with van der Waals surface area (Å²) in [5, 5.41) is 2.99. The number of amides is 1. The highest BCUT2D eigenvalue weighted by Gasteiger charge is 2.26. The predicted molar refractivity (Wildman–Crippen MR) is 76.1 cm³/mol. The first kappa shape index (κ1) is 13.9. The van der Waals surface area contributed by atoms with Crippen molar-refractivity contribution in [2.45, 2.75) is 32.8 Å². The molecule has 0 bridgehead atoms. The number of hydrogen-bond donors (Lipinski definition) is 2. The second-order valence-corrected chi connectivity index (χ2v) is 5.15. The highest BCUT2D eigenvalue weighted by atomic mass is 16.5. The largest absolute Gasteiger partial charge is 0.399 e. The van der Waals surface area contributed by atoms with Crippen LogP contribution >= 0.6 is 0 Å². The average molecular weight is 262 g/mol. The molecule has 1 aliphatic rings. The van der Waals surface area contributed by atoms with Crippen LogP contribution in [0.15, 0.2) is 18.2 Å². The van der Waals surface area contributed by atoms with Crippen LogP contribution in [-0.4, -0.2) is 25.2 Å². The molecular formula is C15H22N2O2. The summed E-state index contributed by atoms with van der Waals surface area (Å²) in [4.78, 5) is 12.1. The van der Waals surface area contributed by atoms with Crippen LogP contribution in [0.25, 0.3) is 0 Å². The van der Waals surface area contributed by atoms with Crippen molar-refractivity contribution in [1.29, 1.82) is 0 Å². The van der Waals surface area contributed by atoms with Crippen molar-refractivity contribution < 1.29 is 9.53 Å². The molecule has 0 spiro atoms. The molecule has 3 N–H and O–H groups in total. The molecule has 1 amide bonds. The molecule has 4 nitrogen and oxygen atoms in total. The summed E-state index contributed by atoms with van der Waals surface area (Å²) in [5.74, 6) is 0.397. The number of ether oxygens (including phenoxy) is 1. The summed E-state index contributed by atoms with van der Waals surface area (Å²) in [6.07, 6.45) is 2.31. The Hall–Kier alpha value is -1.55. The van der Waals surface area contributed by atoms with Gasteiger partial charge in [0.05, 0.1) is 6.10 Å². The number of anilines is 1. The summed E-state index contributed by atoms with van der Waals surface area (Å²) in [5.41, 5.74) is 8.06. The van der Waals surface area contributed by atoms with E-state index in [1.54, 1.807) is 12.1 Å². The molecule has 19 heavy (non-hydrogen) atoms. The van der Waals surface area contributed by atoms with Crippen molar-refractivity contribution in [3.8, 4) is 0 Å². The molecule has 0 radical (unpaired) electrons. The molecule has 1 fully saturated rings. The van der Waals surface area contributed by atoms with Gasteiger partial charge in [0.2, 0.25) is 0 Å². The Morgan fingerprint density at radius 3 is 3.00 bits per heavy atom. The van der Waals surface area contributed by atoms with Gasteiger partial charge in [0, 0.05) is 30.3 Å². The normalized spacial score (nSPS) is 22.4. The van der Waals surface area contributed by atoms with Gasteiger partial charge in [0.25, 0.3) is 5.91 Å². The molecule has 4 heteroatoms. The zero-order valence-corrected chi connectivity index (χ0v) is 11.6. The maximum atomic E-state index is 12.1. The van der Waals surface area contributed by atoms with Crippen molar-refractivity contribution in [2.24, 2.45) is 5.92 Å². The topological polar surface area (TPSA) is 64.3 Å². The molecule has 0 aromatic heterocycles. The first-order valence-electron chi connectivity index (χ1n) is 6.87. The van der Waals surface area contributed by atoms with E-state index >= 15 is 0 Å². The molecule has 0 saturated carbocycles. The molecule has 1 saturated heterocycles. The van der Waals surface area contributed by atoms with E-state index in [0.29, 0.717) is 23.7 Å². The van der Waals surface area contributed by atoms with Crippen molar-refractivity contribution >= 4 is 11.6 Å². The van der Waals surface area contributed by atoms with Crippen LogP contribution in [0.3, 0.4) is 0 Å². The van der Waals surface area contributed by atoms with E-state index in [1.807, 2.05) is 13.0 Å². The maximum absolute atomic E-state index is 12.1. The Morgan fingerprint density at radius 2 is 2.32 bits per heavy atom. The van der Waals surface area contributed by atoms with Gasteiger partial charge >= 0.3 is 0 Å². The molecule has 0 aliphatic carbocycles. The fourth-order valence-corrected chi connectivity index (χ4v) is 2.52. The summed E-state index contributed by atoms with van der Waals surface area (Å²) in [6.45, 7) is 5.51. The first-order valence-corrected chi connectivity index (χ1v) is 6.87. The second kappa shape index (κ2) is 6.06. The van der Waals surface area contributed by atoms with Crippen LogP contribution in [0.2, 0.25) is 0 Å². The van der Waals surface area contributed by atoms with Gasteiger partial charge in [-0.05, 0) is 43.5 Å². The fourth-order valence-electron chi connectivity index (χ4n) is 2.52. The molecule has 1 aliphatic heterocycles. The summed E-state index contributed by atoms with van der Waals surface area (Å²) >= 11 is 0. The minimum Gasteiger partial charge on any atom is -0.399 e. The Balaban J connectivity index is 1.92. The van der Waals surface area contributed by atoms with Gasteiger partial charge in [-0.15, -0.1) is 0 Å². The third-order valence-corrected chi connectivity index (χ3v) is 3.81. The molecule has 1 aromatic carbocycles. The summed E-state index contributed by atoms with van der Waals surface area (Å²) in [7, 11) is 0. The van der Waals surface area contributed by atoms with Crippen LogP contribution in [0.5, 0.6) is 0 Å². The summed E-state index contributed by atoms with van der Waals surface area (Å²) in [6, 6.07) is 5.37. The van der Waals surface area contributed by atoms with E-state index in [9.17, 15) is 4.79 Å². The van der Waals surface area contributed by atoms with Crippen LogP contribution in [0, 0.1) is 12.8 Å². The van der Waals surface area contributed by atoms with Gasteiger partial charge in [-0.25, -0.2) is 0 Å². The number of nitrogens with one attached hydrogen (secondary N) is 1. The van der Waals surface area contributed by atoms with E-state index < -0.39 is 0 Å². The number of aryl methyl sites for hydroxylation is 1. The number of nitrogens with two attached hydrogens (primary N) is 1. The lowest BCUT2D eigenvalue weighted by atomic mass is 9.99.